The standard InChI is InChI=1S/C12H20N2O5/c1-12(2,6-9(15)16)13-11(18)14-5-4-8(7-14)10(17)19-3/h8H,4-7H2,1-3H3,(H,13,18)(H,15,16). The first-order valence-corrected chi connectivity index (χ1v) is 6.12. The van der Waals surface area contributed by atoms with E-state index in [9.17, 15) is 14.4 Å². The molecule has 19 heavy (non-hydrogen) atoms. The predicted molar refractivity (Wildman–Crippen MR) is 66.6 cm³/mol. The minimum atomic E-state index is -0.973. The summed E-state index contributed by atoms with van der Waals surface area (Å²) in [4.78, 5) is 35.5. The molecular weight excluding hydrogens is 252 g/mol. The number of carbonyl (C=O) groups is 3. The number of amides is 2. The average Bonchev–Trinajstić information content (AvgIpc) is 2.74. The highest BCUT2D eigenvalue weighted by Crippen LogP contribution is 2.18. The van der Waals surface area contributed by atoms with Gasteiger partial charge in [-0.2, -0.15) is 0 Å². The van der Waals surface area contributed by atoms with Crippen LogP contribution in [0.3, 0.4) is 0 Å². The summed E-state index contributed by atoms with van der Waals surface area (Å²) in [6.45, 7) is 4.07. The normalized spacial score (nSPS) is 19.1. The smallest absolute Gasteiger partial charge is 0.317 e. The Labute approximate surface area is 111 Å². The molecule has 2 N–H and O–H groups in total. The summed E-state index contributed by atoms with van der Waals surface area (Å²) in [7, 11) is 1.32. The number of urea groups is 1. The number of methoxy groups -OCH3 is 1. The quantitative estimate of drug-likeness (QED) is 0.724. The first-order chi connectivity index (χ1) is 8.75. The largest absolute Gasteiger partial charge is 0.481 e. The third-order valence-electron chi connectivity index (χ3n) is 3.05. The molecule has 1 atom stereocenters. The van der Waals surface area contributed by atoms with Crippen molar-refractivity contribution >= 4 is 18.0 Å². The number of nitrogens with zero attached hydrogens (tertiary/aromatic N) is 1. The van der Waals surface area contributed by atoms with Gasteiger partial charge in [-0.1, -0.05) is 0 Å². The summed E-state index contributed by atoms with van der Waals surface area (Å²) < 4.78 is 4.64. The lowest BCUT2D eigenvalue weighted by Crippen LogP contribution is -2.50. The molecule has 0 bridgehead atoms. The highest BCUT2D eigenvalue weighted by atomic mass is 16.5. The van der Waals surface area contributed by atoms with Crippen LogP contribution in [0, 0.1) is 5.92 Å². The molecule has 0 radical (unpaired) electrons. The number of nitrogens with one attached hydrogen (secondary N) is 1. The lowest BCUT2D eigenvalue weighted by atomic mass is 10.0. The third kappa shape index (κ3) is 4.42. The number of rotatable bonds is 4. The van der Waals surface area contributed by atoms with Crippen molar-refractivity contribution in [1.29, 1.82) is 0 Å². The van der Waals surface area contributed by atoms with Crippen LogP contribution >= 0.6 is 0 Å². The third-order valence-corrected chi connectivity index (χ3v) is 3.05. The lowest BCUT2D eigenvalue weighted by Gasteiger charge is -2.27. The van der Waals surface area contributed by atoms with Crippen LogP contribution in [0.1, 0.15) is 26.7 Å². The maximum absolute atomic E-state index is 12.0. The van der Waals surface area contributed by atoms with Gasteiger partial charge in [0.15, 0.2) is 0 Å². The number of carboxylic acid groups (broad SMARTS) is 1. The SMILES string of the molecule is COC(=O)C1CCN(C(=O)NC(C)(C)CC(=O)O)C1. The molecule has 0 saturated carbocycles. The van der Waals surface area contributed by atoms with Gasteiger partial charge in [-0.05, 0) is 20.3 Å². The molecule has 1 heterocycles. The van der Waals surface area contributed by atoms with Crippen LogP contribution in [0.25, 0.3) is 0 Å². The lowest BCUT2D eigenvalue weighted by molar-refractivity contribution is -0.144. The predicted octanol–water partition coefficient (Wildman–Crippen LogP) is 0.444. The van der Waals surface area contributed by atoms with Gasteiger partial charge in [0.05, 0.1) is 19.4 Å². The molecule has 1 aliphatic rings. The van der Waals surface area contributed by atoms with Crippen molar-refractivity contribution in [2.75, 3.05) is 20.2 Å². The van der Waals surface area contributed by atoms with Gasteiger partial charge in [-0.3, -0.25) is 9.59 Å². The fourth-order valence-electron chi connectivity index (χ4n) is 2.09. The van der Waals surface area contributed by atoms with Crippen molar-refractivity contribution < 1.29 is 24.2 Å². The Morgan fingerprint density at radius 2 is 2.05 bits per heavy atom. The van der Waals surface area contributed by atoms with E-state index in [1.54, 1.807) is 13.8 Å². The Morgan fingerprint density at radius 3 is 2.58 bits per heavy atom. The van der Waals surface area contributed by atoms with Crippen LogP contribution in [0.5, 0.6) is 0 Å². The van der Waals surface area contributed by atoms with Gasteiger partial charge < -0.3 is 20.1 Å². The topological polar surface area (TPSA) is 95.9 Å². The van der Waals surface area contributed by atoms with Crippen LogP contribution in [-0.2, 0) is 14.3 Å². The second-order valence-electron chi connectivity index (χ2n) is 5.34. The molecule has 1 aliphatic heterocycles. The molecule has 1 fully saturated rings. The minimum absolute atomic E-state index is 0.160. The van der Waals surface area contributed by atoms with Crippen molar-refractivity contribution in [3.63, 3.8) is 0 Å². The van der Waals surface area contributed by atoms with E-state index in [0.717, 1.165) is 0 Å². The minimum Gasteiger partial charge on any atom is -0.481 e. The van der Waals surface area contributed by atoms with Crippen molar-refractivity contribution in [3.8, 4) is 0 Å². The van der Waals surface area contributed by atoms with Crippen LogP contribution in [-0.4, -0.2) is 53.7 Å². The van der Waals surface area contributed by atoms with Gasteiger partial charge in [0, 0.05) is 18.6 Å². The molecule has 1 rings (SSSR count). The molecule has 7 heteroatoms. The number of carbonyl (C=O) groups excluding carboxylic acids is 2. The summed E-state index contributed by atoms with van der Waals surface area (Å²) in [6, 6.07) is -0.349. The van der Waals surface area contributed by atoms with Gasteiger partial charge in [0.1, 0.15) is 0 Å². The fraction of sp³-hybridized carbons (Fsp3) is 0.750. The molecule has 2 amide bonds. The number of hydrogen-bond donors (Lipinski definition) is 2. The fourth-order valence-corrected chi connectivity index (χ4v) is 2.09. The second-order valence-corrected chi connectivity index (χ2v) is 5.34. The Balaban J connectivity index is 2.52. The summed E-state index contributed by atoms with van der Waals surface area (Å²) >= 11 is 0. The van der Waals surface area contributed by atoms with E-state index >= 15 is 0 Å². The molecule has 0 aromatic carbocycles. The first-order valence-electron chi connectivity index (χ1n) is 6.12. The maximum Gasteiger partial charge on any atom is 0.317 e. The number of esters is 1. The number of carboxylic acids is 1. The van der Waals surface area contributed by atoms with E-state index in [-0.39, 0.29) is 24.3 Å². The monoisotopic (exact) mass is 272 g/mol. The van der Waals surface area contributed by atoms with Crippen LogP contribution in [0.4, 0.5) is 4.79 Å². The Hall–Kier alpha value is -1.79. The van der Waals surface area contributed by atoms with Crippen LogP contribution in [0.2, 0.25) is 0 Å². The molecule has 108 valence electrons. The Kier molecular flexibility index (Phi) is 4.74. The van der Waals surface area contributed by atoms with Crippen LogP contribution in [0.15, 0.2) is 0 Å². The zero-order chi connectivity index (χ0) is 14.6. The number of aliphatic carboxylic acids is 1. The molecule has 7 nitrogen and oxygen atoms in total. The highest BCUT2D eigenvalue weighted by molar-refractivity contribution is 5.79. The van der Waals surface area contributed by atoms with Gasteiger partial charge in [-0.15, -0.1) is 0 Å². The number of likely N-dealkylation sites (tertiary alicyclic amines) is 1. The zero-order valence-corrected chi connectivity index (χ0v) is 11.4. The summed E-state index contributed by atoms with van der Waals surface area (Å²) in [5.74, 6) is -1.59. The molecule has 1 saturated heterocycles. The molecule has 0 aromatic rings. The van der Waals surface area contributed by atoms with E-state index < -0.39 is 11.5 Å². The molecule has 0 aliphatic carbocycles. The van der Waals surface area contributed by atoms with Gasteiger partial charge in [0.2, 0.25) is 0 Å². The summed E-state index contributed by atoms with van der Waals surface area (Å²) in [6.07, 6.45) is 0.409. The van der Waals surface area contributed by atoms with Gasteiger partial charge >= 0.3 is 18.0 Å². The van der Waals surface area contributed by atoms with Crippen molar-refractivity contribution in [3.05, 3.63) is 0 Å². The van der Waals surface area contributed by atoms with Crippen LogP contribution < -0.4 is 5.32 Å². The van der Waals surface area contributed by atoms with E-state index in [1.807, 2.05) is 0 Å². The van der Waals surface area contributed by atoms with E-state index in [4.69, 9.17) is 5.11 Å². The average molecular weight is 272 g/mol. The Morgan fingerprint density at radius 1 is 1.42 bits per heavy atom. The maximum atomic E-state index is 12.0. The summed E-state index contributed by atoms with van der Waals surface area (Å²) in [5.41, 5.74) is -0.827. The summed E-state index contributed by atoms with van der Waals surface area (Å²) in [5, 5.41) is 11.4. The van der Waals surface area contributed by atoms with Gasteiger partial charge in [-0.25, -0.2) is 4.79 Å². The highest BCUT2D eigenvalue weighted by Gasteiger charge is 2.34. The Bertz CT molecular complexity index is 380. The number of ether oxygens (including phenoxy) is 1. The first kappa shape index (κ1) is 15.3. The molecular formula is C12H20N2O5. The molecule has 1 unspecified atom stereocenters. The zero-order valence-electron chi connectivity index (χ0n) is 11.4. The van der Waals surface area contributed by atoms with E-state index in [2.05, 4.69) is 10.1 Å². The van der Waals surface area contributed by atoms with E-state index in [0.29, 0.717) is 19.5 Å². The van der Waals surface area contributed by atoms with Gasteiger partial charge in [0.25, 0.3) is 0 Å². The number of hydrogen-bond acceptors (Lipinski definition) is 4. The van der Waals surface area contributed by atoms with E-state index in [1.165, 1.54) is 12.0 Å². The molecule has 0 spiro atoms. The van der Waals surface area contributed by atoms with Crippen molar-refractivity contribution in [1.82, 2.24) is 10.2 Å². The van der Waals surface area contributed by atoms with Crippen molar-refractivity contribution in [2.45, 2.75) is 32.2 Å². The van der Waals surface area contributed by atoms with Crippen molar-refractivity contribution in [2.24, 2.45) is 5.92 Å². The second kappa shape index (κ2) is 5.90. The molecule has 0 aromatic heterocycles.